The molecule has 0 saturated carbocycles. The molecule has 0 radical (unpaired) electrons. The predicted octanol–water partition coefficient (Wildman–Crippen LogP) is 3.51. The molecule has 2 aromatic carbocycles. The van der Waals surface area contributed by atoms with Gasteiger partial charge in [0.1, 0.15) is 18.2 Å². The van der Waals surface area contributed by atoms with Gasteiger partial charge in [0.15, 0.2) is 0 Å². The molecule has 2 aromatic rings. The Bertz CT molecular complexity index is 593. The average molecular weight is 288 g/mol. The molecule has 0 heterocycles. The van der Waals surface area contributed by atoms with E-state index in [1.165, 1.54) is 19.2 Å². The lowest BCUT2D eigenvalue weighted by Gasteiger charge is -2.08. The molecule has 21 heavy (non-hydrogen) atoms. The molecule has 0 amide bonds. The fourth-order valence-corrected chi connectivity index (χ4v) is 1.89. The molecule has 0 aromatic heterocycles. The highest BCUT2D eigenvalue weighted by Crippen LogP contribution is 2.16. The van der Waals surface area contributed by atoms with Crippen molar-refractivity contribution in [3.63, 3.8) is 0 Å². The van der Waals surface area contributed by atoms with Gasteiger partial charge in [-0.25, -0.2) is 4.39 Å². The average Bonchev–Trinajstić information content (AvgIpc) is 2.52. The molecule has 4 heteroatoms. The lowest BCUT2D eigenvalue weighted by Crippen LogP contribution is -2.02. The summed E-state index contributed by atoms with van der Waals surface area (Å²) in [6.07, 6.45) is 0.957. The number of rotatable bonds is 6. The van der Waals surface area contributed by atoms with E-state index < -0.39 is 0 Å². The molecular formula is C17H17FO3. The van der Waals surface area contributed by atoms with Crippen LogP contribution >= 0.6 is 0 Å². The third-order valence-electron chi connectivity index (χ3n) is 3.06. The maximum atomic E-state index is 12.8. The van der Waals surface area contributed by atoms with Gasteiger partial charge in [0.05, 0.1) is 7.11 Å². The summed E-state index contributed by atoms with van der Waals surface area (Å²) in [4.78, 5) is 11.1. The molecule has 0 aliphatic heterocycles. The molecule has 0 aliphatic carbocycles. The summed E-state index contributed by atoms with van der Waals surface area (Å²) < 4.78 is 23.1. The van der Waals surface area contributed by atoms with Crippen molar-refractivity contribution in [1.82, 2.24) is 0 Å². The highest BCUT2D eigenvalue weighted by atomic mass is 19.1. The second kappa shape index (κ2) is 7.43. The number of esters is 1. The first-order valence-corrected chi connectivity index (χ1v) is 6.70. The van der Waals surface area contributed by atoms with Crippen molar-refractivity contribution in [3.8, 4) is 5.75 Å². The Morgan fingerprint density at radius 3 is 2.57 bits per heavy atom. The quantitative estimate of drug-likeness (QED) is 0.763. The zero-order chi connectivity index (χ0) is 15.1. The van der Waals surface area contributed by atoms with Gasteiger partial charge in [-0.15, -0.1) is 0 Å². The number of hydrogen-bond donors (Lipinski definition) is 0. The summed E-state index contributed by atoms with van der Waals surface area (Å²) in [7, 11) is 1.38. The van der Waals surface area contributed by atoms with Gasteiger partial charge < -0.3 is 9.47 Å². The first-order valence-electron chi connectivity index (χ1n) is 6.70. The molecule has 110 valence electrons. The zero-order valence-electron chi connectivity index (χ0n) is 11.8. The lowest BCUT2D eigenvalue weighted by atomic mass is 10.1. The summed E-state index contributed by atoms with van der Waals surface area (Å²) >= 11 is 0. The van der Waals surface area contributed by atoms with Crippen LogP contribution in [0.2, 0.25) is 0 Å². The van der Waals surface area contributed by atoms with Crippen LogP contribution in [-0.2, 0) is 22.6 Å². The Balaban J connectivity index is 1.91. The fraction of sp³-hybridized carbons (Fsp3) is 0.235. The van der Waals surface area contributed by atoms with Gasteiger partial charge in [0.25, 0.3) is 0 Å². The van der Waals surface area contributed by atoms with Crippen molar-refractivity contribution in [2.45, 2.75) is 19.4 Å². The highest BCUT2D eigenvalue weighted by molar-refractivity contribution is 5.69. The minimum absolute atomic E-state index is 0.229. The summed E-state index contributed by atoms with van der Waals surface area (Å²) in [6, 6.07) is 13.8. The van der Waals surface area contributed by atoms with Crippen LogP contribution in [0.4, 0.5) is 4.39 Å². The number of carbonyl (C=O) groups excluding carboxylic acids is 1. The molecule has 0 atom stereocenters. The van der Waals surface area contributed by atoms with Gasteiger partial charge in [-0.1, -0.05) is 24.3 Å². The Hall–Kier alpha value is -2.36. The van der Waals surface area contributed by atoms with E-state index in [9.17, 15) is 9.18 Å². The monoisotopic (exact) mass is 288 g/mol. The predicted molar refractivity (Wildman–Crippen MR) is 77.5 cm³/mol. The van der Waals surface area contributed by atoms with Crippen LogP contribution in [0.25, 0.3) is 0 Å². The second-order valence-electron chi connectivity index (χ2n) is 4.64. The largest absolute Gasteiger partial charge is 0.489 e. The number of carbonyl (C=O) groups is 1. The summed E-state index contributed by atoms with van der Waals surface area (Å²) in [5.41, 5.74) is 1.91. The molecule has 0 unspecified atom stereocenters. The topological polar surface area (TPSA) is 35.5 Å². The number of aryl methyl sites for hydroxylation is 1. The lowest BCUT2D eigenvalue weighted by molar-refractivity contribution is -0.140. The maximum absolute atomic E-state index is 12.8. The van der Waals surface area contributed by atoms with Crippen LogP contribution in [-0.4, -0.2) is 13.1 Å². The van der Waals surface area contributed by atoms with E-state index in [-0.39, 0.29) is 11.8 Å². The molecule has 0 spiro atoms. The number of halogens is 1. The minimum atomic E-state index is -0.261. The van der Waals surface area contributed by atoms with E-state index >= 15 is 0 Å². The maximum Gasteiger partial charge on any atom is 0.305 e. The number of methoxy groups -OCH3 is 1. The van der Waals surface area contributed by atoms with E-state index in [1.807, 2.05) is 24.3 Å². The SMILES string of the molecule is COC(=O)CCc1cccc(OCc2ccc(F)cc2)c1. The van der Waals surface area contributed by atoms with Crippen molar-refractivity contribution in [2.75, 3.05) is 7.11 Å². The first-order chi connectivity index (χ1) is 10.2. The standard InChI is InChI=1S/C17H17FO3/c1-20-17(19)10-7-13-3-2-4-16(11-13)21-12-14-5-8-15(18)9-6-14/h2-6,8-9,11H,7,10,12H2,1H3. The van der Waals surface area contributed by atoms with Crippen LogP contribution in [0, 0.1) is 5.82 Å². The van der Waals surface area contributed by atoms with Crippen LogP contribution < -0.4 is 4.74 Å². The Morgan fingerprint density at radius 2 is 1.86 bits per heavy atom. The molecule has 0 saturated heterocycles. The van der Waals surface area contributed by atoms with Crippen LogP contribution in [0.5, 0.6) is 5.75 Å². The third kappa shape index (κ3) is 4.91. The van der Waals surface area contributed by atoms with E-state index in [1.54, 1.807) is 12.1 Å². The molecule has 0 N–H and O–H groups in total. The number of ether oxygens (including phenoxy) is 2. The highest BCUT2D eigenvalue weighted by Gasteiger charge is 2.03. The number of hydrogen-bond acceptors (Lipinski definition) is 3. The summed E-state index contributed by atoms with van der Waals surface area (Å²) in [5.74, 6) is 0.234. The minimum Gasteiger partial charge on any atom is -0.489 e. The third-order valence-corrected chi connectivity index (χ3v) is 3.06. The number of benzene rings is 2. The van der Waals surface area contributed by atoms with Gasteiger partial charge in [-0.2, -0.15) is 0 Å². The zero-order valence-corrected chi connectivity index (χ0v) is 11.8. The van der Waals surface area contributed by atoms with Crippen LogP contribution in [0.1, 0.15) is 17.5 Å². The second-order valence-corrected chi connectivity index (χ2v) is 4.64. The smallest absolute Gasteiger partial charge is 0.305 e. The molecule has 0 aliphatic rings. The Morgan fingerprint density at radius 1 is 1.10 bits per heavy atom. The van der Waals surface area contributed by atoms with Crippen molar-refractivity contribution in [3.05, 3.63) is 65.5 Å². The van der Waals surface area contributed by atoms with E-state index in [4.69, 9.17) is 4.74 Å². The normalized spacial score (nSPS) is 10.2. The van der Waals surface area contributed by atoms with Gasteiger partial charge in [0.2, 0.25) is 0 Å². The summed E-state index contributed by atoms with van der Waals surface area (Å²) in [5, 5.41) is 0. The fourth-order valence-electron chi connectivity index (χ4n) is 1.89. The van der Waals surface area contributed by atoms with Gasteiger partial charge >= 0.3 is 5.97 Å². The Labute approximate surface area is 123 Å². The van der Waals surface area contributed by atoms with Crippen molar-refractivity contribution >= 4 is 5.97 Å². The molecule has 0 bridgehead atoms. The van der Waals surface area contributed by atoms with E-state index in [0.717, 1.165) is 16.9 Å². The van der Waals surface area contributed by atoms with Crippen molar-refractivity contribution in [1.29, 1.82) is 0 Å². The molecule has 0 fully saturated rings. The first kappa shape index (κ1) is 15.0. The molecular weight excluding hydrogens is 271 g/mol. The van der Waals surface area contributed by atoms with Gasteiger partial charge in [-0.3, -0.25) is 4.79 Å². The molecule has 2 rings (SSSR count). The van der Waals surface area contributed by atoms with Crippen molar-refractivity contribution in [2.24, 2.45) is 0 Å². The van der Waals surface area contributed by atoms with Crippen LogP contribution in [0.3, 0.4) is 0 Å². The Kier molecular flexibility index (Phi) is 5.32. The van der Waals surface area contributed by atoms with Gasteiger partial charge in [0, 0.05) is 6.42 Å². The van der Waals surface area contributed by atoms with Crippen molar-refractivity contribution < 1.29 is 18.7 Å². The van der Waals surface area contributed by atoms with E-state index in [0.29, 0.717) is 19.4 Å². The van der Waals surface area contributed by atoms with Crippen LogP contribution in [0.15, 0.2) is 48.5 Å². The van der Waals surface area contributed by atoms with Gasteiger partial charge in [-0.05, 0) is 41.8 Å². The van der Waals surface area contributed by atoms with E-state index in [2.05, 4.69) is 4.74 Å². The summed E-state index contributed by atoms with van der Waals surface area (Å²) in [6.45, 7) is 0.376. The molecule has 3 nitrogen and oxygen atoms in total.